The average molecular weight is 317 g/mol. The molecule has 0 spiro atoms. The van der Waals surface area contributed by atoms with Crippen LogP contribution in [0.5, 0.6) is 0 Å². The fraction of sp³-hybridized carbons (Fsp3) is 0.312. The van der Waals surface area contributed by atoms with Crippen LogP contribution < -0.4 is 11.3 Å². The zero-order valence-electron chi connectivity index (χ0n) is 11.8. The third-order valence-electron chi connectivity index (χ3n) is 3.55. The van der Waals surface area contributed by atoms with Gasteiger partial charge in [-0.25, -0.2) is 4.98 Å². The monoisotopic (exact) mass is 317 g/mol. The van der Waals surface area contributed by atoms with Crippen LogP contribution in [0, 0.1) is 0 Å². The van der Waals surface area contributed by atoms with Crippen molar-refractivity contribution in [3.8, 4) is 0 Å². The standard InChI is InChI=1S/C16H19N3S2/c17-19-12(5-3-6-13-7-4-10-20-13)11-16-18-14-8-1-2-9-15(14)21-16/h1-2,4,7-10,12,19H,3,5-6,11,17H2. The smallest absolute Gasteiger partial charge is 0.0954 e. The first-order valence-electron chi connectivity index (χ1n) is 7.18. The summed E-state index contributed by atoms with van der Waals surface area (Å²) in [5, 5.41) is 3.30. The molecule has 110 valence electrons. The average Bonchev–Trinajstić information content (AvgIpc) is 3.14. The topological polar surface area (TPSA) is 50.9 Å². The molecule has 1 aromatic carbocycles. The summed E-state index contributed by atoms with van der Waals surface area (Å²) in [5.74, 6) is 5.70. The number of aromatic nitrogens is 1. The second-order valence-corrected chi connectivity index (χ2v) is 7.26. The van der Waals surface area contributed by atoms with Crippen molar-refractivity contribution in [2.24, 2.45) is 5.84 Å². The lowest BCUT2D eigenvalue weighted by atomic mass is 10.1. The second kappa shape index (κ2) is 7.13. The molecule has 0 aliphatic heterocycles. The molecule has 3 rings (SSSR count). The molecule has 0 amide bonds. The first-order chi connectivity index (χ1) is 10.3. The summed E-state index contributed by atoms with van der Waals surface area (Å²) < 4.78 is 1.25. The van der Waals surface area contributed by atoms with Gasteiger partial charge >= 0.3 is 0 Å². The van der Waals surface area contributed by atoms with Crippen molar-refractivity contribution in [1.82, 2.24) is 10.4 Å². The molecule has 2 aromatic heterocycles. The lowest BCUT2D eigenvalue weighted by molar-refractivity contribution is 0.476. The van der Waals surface area contributed by atoms with Crippen molar-refractivity contribution in [1.29, 1.82) is 0 Å². The van der Waals surface area contributed by atoms with E-state index >= 15 is 0 Å². The molecule has 3 N–H and O–H groups in total. The predicted molar refractivity (Wildman–Crippen MR) is 91.7 cm³/mol. The third kappa shape index (κ3) is 3.89. The van der Waals surface area contributed by atoms with Crippen molar-refractivity contribution in [2.75, 3.05) is 0 Å². The number of nitrogens with one attached hydrogen (secondary N) is 1. The molecular weight excluding hydrogens is 298 g/mol. The number of hydrogen-bond acceptors (Lipinski definition) is 5. The SMILES string of the molecule is NNC(CCCc1cccs1)Cc1nc2ccccc2s1. The zero-order valence-corrected chi connectivity index (χ0v) is 13.4. The summed E-state index contributed by atoms with van der Waals surface area (Å²) in [7, 11) is 0. The van der Waals surface area contributed by atoms with Gasteiger partial charge in [-0.1, -0.05) is 18.2 Å². The van der Waals surface area contributed by atoms with Crippen LogP contribution in [0.25, 0.3) is 10.2 Å². The van der Waals surface area contributed by atoms with Crippen LogP contribution in [-0.2, 0) is 12.8 Å². The maximum Gasteiger partial charge on any atom is 0.0954 e. The number of thiazole rings is 1. The Bertz CT molecular complexity index is 643. The molecule has 0 saturated carbocycles. The Kier molecular flexibility index (Phi) is 4.98. The largest absolute Gasteiger partial charge is 0.271 e. The Balaban J connectivity index is 1.56. The van der Waals surface area contributed by atoms with Crippen molar-refractivity contribution < 1.29 is 0 Å². The van der Waals surface area contributed by atoms with Crippen LogP contribution in [0.4, 0.5) is 0 Å². The van der Waals surface area contributed by atoms with E-state index < -0.39 is 0 Å². The summed E-state index contributed by atoms with van der Waals surface area (Å²) in [5.41, 5.74) is 4.03. The van der Waals surface area contributed by atoms with Crippen LogP contribution in [-0.4, -0.2) is 11.0 Å². The molecule has 0 aliphatic rings. The molecule has 3 aromatic rings. The van der Waals surface area contributed by atoms with Gasteiger partial charge in [-0.3, -0.25) is 11.3 Å². The highest BCUT2D eigenvalue weighted by atomic mass is 32.1. The maximum absolute atomic E-state index is 5.70. The normalized spacial score (nSPS) is 12.8. The number of thiophene rings is 1. The van der Waals surface area contributed by atoms with Gasteiger partial charge in [0, 0.05) is 17.3 Å². The van der Waals surface area contributed by atoms with Crippen LogP contribution in [0.2, 0.25) is 0 Å². The van der Waals surface area contributed by atoms with Crippen molar-refractivity contribution in [3.05, 3.63) is 51.7 Å². The predicted octanol–water partition coefficient (Wildman–Crippen LogP) is 3.76. The first-order valence-corrected chi connectivity index (χ1v) is 8.88. The lowest BCUT2D eigenvalue weighted by Crippen LogP contribution is -2.36. The molecule has 0 fully saturated rings. The van der Waals surface area contributed by atoms with Crippen molar-refractivity contribution in [3.63, 3.8) is 0 Å². The van der Waals surface area contributed by atoms with E-state index in [2.05, 4.69) is 46.1 Å². The van der Waals surface area contributed by atoms with Gasteiger partial charge in [-0.2, -0.15) is 0 Å². The van der Waals surface area contributed by atoms with Crippen LogP contribution in [0.1, 0.15) is 22.7 Å². The third-order valence-corrected chi connectivity index (χ3v) is 5.55. The summed E-state index contributed by atoms with van der Waals surface area (Å²) in [6.07, 6.45) is 4.26. The molecule has 0 radical (unpaired) electrons. The van der Waals surface area contributed by atoms with E-state index in [4.69, 9.17) is 5.84 Å². The second-order valence-electron chi connectivity index (χ2n) is 5.11. The first kappa shape index (κ1) is 14.7. The van der Waals surface area contributed by atoms with E-state index in [-0.39, 0.29) is 0 Å². The molecule has 21 heavy (non-hydrogen) atoms. The van der Waals surface area contributed by atoms with Crippen LogP contribution in [0.15, 0.2) is 41.8 Å². The van der Waals surface area contributed by atoms with Crippen LogP contribution >= 0.6 is 22.7 Å². The summed E-state index contributed by atoms with van der Waals surface area (Å²) in [4.78, 5) is 6.13. The Morgan fingerprint density at radius 3 is 2.86 bits per heavy atom. The van der Waals surface area contributed by atoms with Gasteiger partial charge in [0.15, 0.2) is 0 Å². The zero-order chi connectivity index (χ0) is 14.5. The Morgan fingerprint density at radius 2 is 2.10 bits per heavy atom. The number of hydrogen-bond donors (Lipinski definition) is 2. The molecule has 3 nitrogen and oxygen atoms in total. The summed E-state index contributed by atoms with van der Waals surface area (Å²) in [6, 6.07) is 12.9. The highest BCUT2D eigenvalue weighted by Gasteiger charge is 2.11. The van der Waals surface area contributed by atoms with Gasteiger partial charge in [0.25, 0.3) is 0 Å². The summed E-state index contributed by atoms with van der Waals surface area (Å²) in [6.45, 7) is 0. The van der Waals surface area contributed by atoms with E-state index in [9.17, 15) is 0 Å². The molecule has 5 heteroatoms. The molecule has 1 atom stereocenters. The minimum atomic E-state index is 0.297. The Morgan fingerprint density at radius 1 is 1.19 bits per heavy atom. The number of aryl methyl sites for hydroxylation is 1. The molecule has 1 unspecified atom stereocenters. The molecule has 0 saturated heterocycles. The molecule has 0 bridgehead atoms. The molecule has 0 aliphatic carbocycles. The highest BCUT2D eigenvalue weighted by Crippen LogP contribution is 2.23. The van der Waals surface area contributed by atoms with Gasteiger partial charge in [0.05, 0.1) is 15.2 Å². The van der Waals surface area contributed by atoms with E-state index in [0.717, 1.165) is 36.2 Å². The van der Waals surface area contributed by atoms with Gasteiger partial charge < -0.3 is 0 Å². The Labute approximate surface area is 132 Å². The number of para-hydroxylation sites is 1. The number of rotatable bonds is 7. The van der Waals surface area contributed by atoms with Gasteiger partial charge in [-0.15, -0.1) is 22.7 Å². The number of hydrazine groups is 1. The summed E-state index contributed by atoms with van der Waals surface area (Å²) >= 11 is 3.59. The number of fused-ring (bicyclic) bond motifs is 1. The fourth-order valence-corrected chi connectivity index (χ4v) is 4.24. The van der Waals surface area contributed by atoms with Gasteiger partial charge in [-0.05, 0) is 42.8 Å². The van der Waals surface area contributed by atoms with E-state index in [1.54, 1.807) is 11.3 Å². The van der Waals surface area contributed by atoms with Crippen LogP contribution in [0.3, 0.4) is 0 Å². The number of nitrogens with zero attached hydrogens (tertiary/aromatic N) is 1. The van der Waals surface area contributed by atoms with Gasteiger partial charge in [0.1, 0.15) is 0 Å². The number of benzene rings is 1. The van der Waals surface area contributed by atoms with E-state index in [1.807, 2.05) is 17.4 Å². The molecular formula is C16H19N3S2. The van der Waals surface area contributed by atoms with E-state index in [1.165, 1.54) is 9.58 Å². The van der Waals surface area contributed by atoms with Crippen molar-refractivity contribution >= 4 is 32.9 Å². The van der Waals surface area contributed by atoms with Gasteiger partial charge in [0.2, 0.25) is 0 Å². The Hall–Kier alpha value is -1.27. The maximum atomic E-state index is 5.70. The van der Waals surface area contributed by atoms with E-state index in [0.29, 0.717) is 6.04 Å². The van der Waals surface area contributed by atoms with Crippen molar-refractivity contribution in [2.45, 2.75) is 31.7 Å². The molecule has 2 heterocycles. The minimum absolute atomic E-state index is 0.297. The highest BCUT2D eigenvalue weighted by molar-refractivity contribution is 7.18. The number of nitrogens with two attached hydrogens (primary N) is 1. The minimum Gasteiger partial charge on any atom is -0.271 e. The lowest BCUT2D eigenvalue weighted by Gasteiger charge is -2.13. The quantitative estimate of drug-likeness (QED) is 0.515. The fourth-order valence-electron chi connectivity index (χ4n) is 2.44.